The largest absolute Gasteiger partial charge is 0.322 e. The van der Waals surface area contributed by atoms with Crippen molar-refractivity contribution in [1.82, 2.24) is 14.8 Å². The van der Waals surface area contributed by atoms with Gasteiger partial charge in [-0.25, -0.2) is 4.39 Å². The van der Waals surface area contributed by atoms with E-state index in [4.69, 9.17) is 0 Å². The Labute approximate surface area is 203 Å². The first-order chi connectivity index (χ1) is 16.2. The van der Waals surface area contributed by atoms with Crippen molar-refractivity contribution in [3.05, 3.63) is 95.3 Å². The van der Waals surface area contributed by atoms with E-state index in [1.807, 2.05) is 35.9 Å². The lowest BCUT2D eigenvalue weighted by atomic mass is 9.87. The van der Waals surface area contributed by atoms with Crippen LogP contribution in [0.1, 0.15) is 42.3 Å². The normalized spacial score (nSPS) is 11.4. The SMILES string of the molecule is Cn1c(SCc2ccc(C(C)(C)C)cc2)nnc1-c1ccc(NC(=O)c2ccc(F)cc2)cc1. The van der Waals surface area contributed by atoms with Gasteiger partial charge in [0.15, 0.2) is 11.0 Å². The maximum absolute atomic E-state index is 13.1. The number of benzene rings is 3. The number of nitrogens with one attached hydrogen (secondary N) is 1. The Kier molecular flexibility index (Phi) is 6.84. The number of amides is 1. The highest BCUT2D eigenvalue weighted by Crippen LogP contribution is 2.28. The highest BCUT2D eigenvalue weighted by Gasteiger charge is 2.14. The minimum atomic E-state index is -0.374. The van der Waals surface area contributed by atoms with Crippen molar-refractivity contribution in [3.63, 3.8) is 0 Å². The first kappa shape index (κ1) is 23.7. The van der Waals surface area contributed by atoms with E-state index in [0.29, 0.717) is 11.3 Å². The number of hydrogen-bond acceptors (Lipinski definition) is 4. The summed E-state index contributed by atoms with van der Waals surface area (Å²) in [4.78, 5) is 12.3. The van der Waals surface area contributed by atoms with Crippen molar-refractivity contribution < 1.29 is 9.18 Å². The van der Waals surface area contributed by atoms with E-state index < -0.39 is 0 Å². The number of rotatable bonds is 6. The van der Waals surface area contributed by atoms with Crippen molar-refractivity contribution in [3.8, 4) is 11.4 Å². The third-order valence-corrected chi connectivity index (χ3v) is 6.62. The number of carbonyl (C=O) groups is 1. The Morgan fingerprint density at radius 3 is 2.21 bits per heavy atom. The van der Waals surface area contributed by atoms with Gasteiger partial charge in [-0.2, -0.15) is 0 Å². The molecule has 0 aliphatic rings. The van der Waals surface area contributed by atoms with E-state index in [1.54, 1.807) is 11.8 Å². The van der Waals surface area contributed by atoms with E-state index in [9.17, 15) is 9.18 Å². The lowest BCUT2D eigenvalue weighted by Gasteiger charge is -2.19. The molecule has 0 fully saturated rings. The molecule has 1 aromatic heterocycles. The number of anilines is 1. The van der Waals surface area contributed by atoms with Gasteiger partial charge in [0.2, 0.25) is 0 Å². The summed E-state index contributed by atoms with van der Waals surface area (Å²) in [6, 6.07) is 21.6. The van der Waals surface area contributed by atoms with Crippen molar-refractivity contribution in [1.29, 1.82) is 0 Å². The van der Waals surface area contributed by atoms with Crippen LogP contribution in [-0.4, -0.2) is 20.7 Å². The smallest absolute Gasteiger partial charge is 0.255 e. The van der Waals surface area contributed by atoms with E-state index in [0.717, 1.165) is 22.3 Å². The molecular formula is C27H27FN4OS. The summed E-state index contributed by atoms with van der Waals surface area (Å²) in [5.41, 5.74) is 4.64. The Hall–Kier alpha value is -3.45. The van der Waals surface area contributed by atoms with Gasteiger partial charge in [-0.1, -0.05) is 56.8 Å². The van der Waals surface area contributed by atoms with Crippen molar-refractivity contribution >= 4 is 23.4 Å². The van der Waals surface area contributed by atoms with Gasteiger partial charge in [0.1, 0.15) is 5.82 Å². The van der Waals surface area contributed by atoms with E-state index in [1.165, 1.54) is 35.4 Å². The number of hydrogen-bond donors (Lipinski definition) is 1. The average molecular weight is 475 g/mol. The molecule has 0 saturated carbocycles. The molecule has 0 aliphatic carbocycles. The summed E-state index contributed by atoms with van der Waals surface area (Å²) in [6.45, 7) is 6.64. The standard InChI is InChI=1S/C27H27FN4OS/c1-27(2,3)21-11-5-18(6-12-21)17-34-26-31-30-24(32(26)4)19-9-15-23(16-10-19)29-25(33)20-7-13-22(28)14-8-20/h5-16H,17H2,1-4H3,(H,29,33). The lowest BCUT2D eigenvalue weighted by molar-refractivity contribution is 0.102. The maximum atomic E-state index is 13.1. The zero-order valence-corrected chi connectivity index (χ0v) is 20.5. The summed E-state index contributed by atoms with van der Waals surface area (Å²) >= 11 is 1.64. The van der Waals surface area contributed by atoms with Crippen LogP contribution in [0.2, 0.25) is 0 Å². The molecule has 1 heterocycles. The molecule has 174 valence electrons. The van der Waals surface area contributed by atoms with Crippen LogP contribution >= 0.6 is 11.8 Å². The van der Waals surface area contributed by atoms with E-state index >= 15 is 0 Å². The van der Waals surface area contributed by atoms with Crippen LogP contribution in [0.4, 0.5) is 10.1 Å². The molecule has 1 N–H and O–H groups in total. The molecule has 0 bridgehead atoms. The number of aromatic nitrogens is 3. The molecule has 3 aromatic carbocycles. The maximum Gasteiger partial charge on any atom is 0.255 e. The fraction of sp³-hybridized carbons (Fsp3) is 0.222. The van der Waals surface area contributed by atoms with Gasteiger partial charge in [-0.05, 0) is 65.1 Å². The molecule has 0 aliphatic heterocycles. The molecule has 0 radical (unpaired) electrons. The van der Waals surface area contributed by atoms with E-state index in [-0.39, 0.29) is 17.1 Å². The Balaban J connectivity index is 1.40. The Bertz CT molecular complexity index is 1270. The summed E-state index contributed by atoms with van der Waals surface area (Å²) in [5.74, 6) is 0.897. The molecule has 0 spiro atoms. The molecule has 4 rings (SSSR count). The van der Waals surface area contributed by atoms with Gasteiger partial charge < -0.3 is 9.88 Å². The van der Waals surface area contributed by atoms with Gasteiger partial charge >= 0.3 is 0 Å². The van der Waals surface area contributed by atoms with Crippen LogP contribution in [-0.2, 0) is 18.2 Å². The van der Waals surface area contributed by atoms with Crippen LogP contribution in [0.5, 0.6) is 0 Å². The minimum absolute atomic E-state index is 0.142. The number of carbonyl (C=O) groups excluding carboxylic acids is 1. The average Bonchev–Trinajstić information content (AvgIpc) is 3.18. The fourth-order valence-corrected chi connectivity index (χ4v) is 4.31. The highest BCUT2D eigenvalue weighted by atomic mass is 32.2. The van der Waals surface area contributed by atoms with Crippen LogP contribution < -0.4 is 5.32 Å². The predicted octanol–water partition coefficient (Wildman–Crippen LogP) is 6.46. The van der Waals surface area contributed by atoms with Crippen LogP contribution in [0, 0.1) is 5.82 Å². The summed E-state index contributed by atoms with van der Waals surface area (Å²) < 4.78 is 15.0. The third kappa shape index (κ3) is 5.54. The quantitative estimate of drug-likeness (QED) is 0.326. The van der Waals surface area contributed by atoms with Crippen LogP contribution in [0.25, 0.3) is 11.4 Å². The lowest BCUT2D eigenvalue weighted by Crippen LogP contribution is -2.11. The van der Waals surface area contributed by atoms with Gasteiger partial charge in [0.25, 0.3) is 5.91 Å². The molecule has 34 heavy (non-hydrogen) atoms. The van der Waals surface area contributed by atoms with E-state index in [2.05, 4.69) is 60.6 Å². The molecule has 1 amide bonds. The summed E-state index contributed by atoms with van der Waals surface area (Å²) in [7, 11) is 1.95. The van der Waals surface area contributed by atoms with Crippen LogP contribution in [0.15, 0.2) is 78.0 Å². The van der Waals surface area contributed by atoms with Crippen molar-refractivity contribution in [2.45, 2.75) is 37.1 Å². The second-order valence-electron chi connectivity index (χ2n) is 9.14. The summed E-state index contributed by atoms with van der Waals surface area (Å²) in [6.07, 6.45) is 0. The Morgan fingerprint density at radius 1 is 0.941 bits per heavy atom. The second-order valence-corrected chi connectivity index (χ2v) is 10.1. The number of halogens is 1. The minimum Gasteiger partial charge on any atom is -0.322 e. The molecule has 0 saturated heterocycles. The van der Waals surface area contributed by atoms with Gasteiger partial charge in [-0.15, -0.1) is 10.2 Å². The first-order valence-electron chi connectivity index (χ1n) is 11.0. The number of thioether (sulfide) groups is 1. The molecule has 0 atom stereocenters. The molecular weight excluding hydrogens is 447 g/mol. The summed E-state index contributed by atoms with van der Waals surface area (Å²) in [5, 5.41) is 12.4. The second kappa shape index (κ2) is 9.81. The third-order valence-electron chi connectivity index (χ3n) is 5.53. The van der Waals surface area contributed by atoms with Gasteiger partial charge in [-0.3, -0.25) is 4.79 Å². The van der Waals surface area contributed by atoms with Crippen molar-refractivity contribution in [2.75, 3.05) is 5.32 Å². The molecule has 5 nitrogen and oxygen atoms in total. The first-order valence-corrected chi connectivity index (χ1v) is 12.0. The fourth-order valence-electron chi connectivity index (χ4n) is 3.45. The predicted molar refractivity (Wildman–Crippen MR) is 135 cm³/mol. The van der Waals surface area contributed by atoms with Gasteiger partial charge in [0, 0.05) is 29.6 Å². The Morgan fingerprint density at radius 2 is 1.59 bits per heavy atom. The number of nitrogens with zero attached hydrogens (tertiary/aromatic N) is 3. The zero-order valence-electron chi connectivity index (χ0n) is 19.7. The molecule has 0 unspecified atom stereocenters. The molecule has 7 heteroatoms. The topological polar surface area (TPSA) is 59.8 Å². The van der Waals surface area contributed by atoms with Crippen molar-refractivity contribution in [2.24, 2.45) is 7.05 Å². The van der Waals surface area contributed by atoms with Crippen LogP contribution in [0.3, 0.4) is 0 Å². The molecule has 4 aromatic rings. The highest BCUT2D eigenvalue weighted by molar-refractivity contribution is 7.98. The zero-order chi connectivity index (χ0) is 24.3. The monoisotopic (exact) mass is 474 g/mol. The van der Waals surface area contributed by atoms with Gasteiger partial charge in [0.05, 0.1) is 0 Å².